The summed E-state index contributed by atoms with van der Waals surface area (Å²) in [6, 6.07) is 14.9. The van der Waals surface area contributed by atoms with E-state index in [1.54, 1.807) is 0 Å². The Kier molecular flexibility index (Phi) is 6.38. The maximum absolute atomic E-state index is 4.37. The van der Waals surface area contributed by atoms with Gasteiger partial charge in [-0.2, -0.15) is 0 Å². The molecule has 0 saturated carbocycles. The second kappa shape index (κ2) is 8.55. The molecule has 2 rings (SSSR count). The first kappa shape index (κ1) is 15.7. The van der Waals surface area contributed by atoms with E-state index in [2.05, 4.69) is 59.5 Å². The van der Waals surface area contributed by atoms with Crippen molar-refractivity contribution in [2.75, 3.05) is 20.1 Å². The molecule has 1 heterocycles. The summed E-state index contributed by atoms with van der Waals surface area (Å²) >= 11 is 0. The third-order valence-electron chi connectivity index (χ3n) is 3.50. The van der Waals surface area contributed by atoms with E-state index in [9.17, 15) is 0 Å². The summed E-state index contributed by atoms with van der Waals surface area (Å²) in [6.07, 6.45) is 2.86. The van der Waals surface area contributed by atoms with E-state index < -0.39 is 0 Å². The molecule has 0 saturated heterocycles. The second-order valence-electron chi connectivity index (χ2n) is 5.41. The van der Waals surface area contributed by atoms with E-state index in [0.717, 1.165) is 38.3 Å². The molecule has 0 radical (unpaired) electrons. The van der Waals surface area contributed by atoms with Crippen molar-refractivity contribution in [3.05, 3.63) is 65.5 Å². The molecule has 0 aliphatic carbocycles. The fraction of sp³-hybridized carbons (Fsp3) is 0.389. The van der Waals surface area contributed by atoms with E-state index in [-0.39, 0.29) is 0 Å². The number of pyridine rings is 1. The highest BCUT2D eigenvalue weighted by Crippen LogP contribution is 2.08. The summed E-state index contributed by atoms with van der Waals surface area (Å²) < 4.78 is 0. The molecule has 0 aliphatic heterocycles. The van der Waals surface area contributed by atoms with Crippen LogP contribution in [0, 0.1) is 0 Å². The summed E-state index contributed by atoms with van der Waals surface area (Å²) in [7, 11) is 2.17. The molecule has 3 heteroatoms. The van der Waals surface area contributed by atoms with Crippen LogP contribution in [0.2, 0.25) is 0 Å². The van der Waals surface area contributed by atoms with E-state index >= 15 is 0 Å². The standard InChI is InChI=1S/C18H25N3/c1-3-19-14-16-7-6-8-17(13-16)15-21(2)12-10-18-9-4-5-11-20-18/h4-9,11,13,19H,3,10,12,14-15H2,1-2H3. The topological polar surface area (TPSA) is 28.2 Å². The molecule has 21 heavy (non-hydrogen) atoms. The molecule has 0 spiro atoms. The molecule has 0 aliphatic rings. The summed E-state index contributed by atoms with van der Waals surface area (Å²) in [6.45, 7) is 6.09. The predicted octanol–water partition coefficient (Wildman–Crippen LogP) is 2.87. The van der Waals surface area contributed by atoms with Gasteiger partial charge in [-0.15, -0.1) is 0 Å². The van der Waals surface area contributed by atoms with Crippen LogP contribution in [0.1, 0.15) is 23.7 Å². The molecular formula is C18H25N3. The molecule has 0 unspecified atom stereocenters. The number of nitrogens with one attached hydrogen (secondary N) is 1. The Balaban J connectivity index is 1.83. The SMILES string of the molecule is CCNCc1cccc(CN(C)CCc2ccccn2)c1. The molecule has 1 aromatic carbocycles. The van der Waals surface area contributed by atoms with Crippen LogP contribution in [-0.4, -0.2) is 30.0 Å². The van der Waals surface area contributed by atoms with Gasteiger partial charge >= 0.3 is 0 Å². The Morgan fingerprint density at radius 3 is 2.71 bits per heavy atom. The van der Waals surface area contributed by atoms with Gasteiger partial charge in [0.2, 0.25) is 0 Å². The minimum atomic E-state index is 0.946. The van der Waals surface area contributed by atoms with Crippen LogP contribution in [0.4, 0.5) is 0 Å². The lowest BCUT2D eigenvalue weighted by atomic mass is 10.1. The monoisotopic (exact) mass is 283 g/mol. The van der Waals surface area contributed by atoms with Gasteiger partial charge in [0.05, 0.1) is 0 Å². The predicted molar refractivity (Wildman–Crippen MR) is 88.1 cm³/mol. The third kappa shape index (κ3) is 5.66. The van der Waals surface area contributed by atoms with Gasteiger partial charge in [0, 0.05) is 37.9 Å². The Morgan fingerprint density at radius 1 is 1.10 bits per heavy atom. The molecule has 3 nitrogen and oxygen atoms in total. The summed E-state index contributed by atoms with van der Waals surface area (Å²) in [5.41, 5.74) is 3.88. The van der Waals surface area contributed by atoms with Gasteiger partial charge in [-0.3, -0.25) is 4.98 Å². The minimum absolute atomic E-state index is 0.946. The van der Waals surface area contributed by atoms with Crippen LogP contribution in [-0.2, 0) is 19.5 Å². The highest BCUT2D eigenvalue weighted by Gasteiger charge is 2.02. The first-order chi connectivity index (χ1) is 10.3. The Hall–Kier alpha value is -1.71. The highest BCUT2D eigenvalue weighted by atomic mass is 15.1. The van der Waals surface area contributed by atoms with Crippen molar-refractivity contribution in [2.45, 2.75) is 26.4 Å². The fourth-order valence-electron chi connectivity index (χ4n) is 2.35. The quantitative estimate of drug-likeness (QED) is 0.807. The van der Waals surface area contributed by atoms with E-state index in [4.69, 9.17) is 0 Å². The molecular weight excluding hydrogens is 258 g/mol. The van der Waals surface area contributed by atoms with E-state index in [1.165, 1.54) is 11.1 Å². The van der Waals surface area contributed by atoms with Crippen LogP contribution < -0.4 is 5.32 Å². The first-order valence-electron chi connectivity index (χ1n) is 7.65. The average Bonchev–Trinajstić information content (AvgIpc) is 2.52. The lowest BCUT2D eigenvalue weighted by molar-refractivity contribution is 0.330. The largest absolute Gasteiger partial charge is 0.313 e. The summed E-state index contributed by atoms with van der Waals surface area (Å²) in [5, 5.41) is 3.37. The number of aromatic nitrogens is 1. The molecule has 1 aromatic heterocycles. The van der Waals surface area contributed by atoms with Gasteiger partial charge in [0.25, 0.3) is 0 Å². The summed E-state index contributed by atoms with van der Waals surface area (Å²) in [4.78, 5) is 6.72. The normalized spacial score (nSPS) is 11.0. The van der Waals surface area contributed by atoms with Gasteiger partial charge in [0.1, 0.15) is 0 Å². The van der Waals surface area contributed by atoms with Crippen LogP contribution in [0.15, 0.2) is 48.7 Å². The smallest absolute Gasteiger partial charge is 0.0416 e. The van der Waals surface area contributed by atoms with Crippen molar-refractivity contribution in [1.29, 1.82) is 0 Å². The molecule has 0 fully saturated rings. The maximum Gasteiger partial charge on any atom is 0.0416 e. The lowest BCUT2D eigenvalue weighted by Crippen LogP contribution is -2.21. The van der Waals surface area contributed by atoms with Crippen molar-refractivity contribution in [3.8, 4) is 0 Å². The number of nitrogens with zero attached hydrogens (tertiary/aromatic N) is 2. The lowest BCUT2D eigenvalue weighted by Gasteiger charge is -2.17. The number of hydrogen-bond acceptors (Lipinski definition) is 3. The molecule has 1 N–H and O–H groups in total. The fourth-order valence-corrected chi connectivity index (χ4v) is 2.35. The number of benzene rings is 1. The number of rotatable bonds is 8. The van der Waals surface area contributed by atoms with Gasteiger partial charge in [-0.05, 0) is 36.9 Å². The van der Waals surface area contributed by atoms with Crippen molar-refractivity contribution in [3.63, 3.8) is 0 Å². The van der Waals surface area contributed by atoms with Crippen LogP contribution in [0.5, 0.6) is 0 Å². The molecule has 2 aromatic rings. The van der Waals surface area contributed by atoms with Crippen molar-refractivity contribution in [1.82, 2.24) is 15.2 Å². The highest BCUT2D eigenvalue weighted by molar-refractivity contribution is 5.23. The Bertz CT molecular complexity index is 525. The van der Waals surface area contributed by atoms with Gasteiger partial charge in [0.15, 0.2) is 0 Å². The van der Waals surface area contributed by atoms with Gasteiger partial charge in [-0.1, -0.05) is 37.3 Å². The molecule has 0 amide bonds. The van der Waals surface area contributed by atoms with Crippen molar-refractivity contribution in [2.24, 2.45) is 0 Å². The number of likely N-dealkylation sites (N-methyl/N-ethyl adjacent to an activating group) is 1. The zero-order valence-corrected chi connectivity index (χ0v) is 13.0. The Morgan fingerprint density at radius 2 is 1.95 bits per heavy atom. The number of hydrogen-bond donors (Lipinski definition) is 1. The second-order valence-corrected chi connectivity index (χ2v) is 5.41. The Labute approximate surface area is 128 Å². The minimum Gasteiger partial charge on any atom is -0.313 e. The average molecular weight is 283 g/mol. The van der Waals surface area contributed by atoms with Crippen LogP contribution >= 0.6 is 0 Å². The van der Waals surface area contributed by atoms with Crippen molar-refractivity contribution < 1.29 is 0 Å². The summed E-state index contributed by atoms with van der Waals surface area (Å²) in [5.74, 6) is 0. The molecule has 0 bridgehead atoms. The van der Waals surface area contributed by atoms with E-state index in [0.29, 0.717) is 0 Å². The zero-order valence-electron chi connectivity index (χ0n) is 13.0. The zero-order chi connectivity index (χ0) is 14.9. The van der Waals surface area contributed by atoms with Crippen LogP contribution in [0.3, 0.4) is 0 Å². The van der Waals surface area contributed by atoms with E-state index in [1.807, 2.05) is 18.3 Å². The maximum atomic E-state index is 4.37. The van der Waals surface area contributed by atoms with Crippen LogP contribution in [0.25, 0.3) is 0 Å². The van der Waals surface area contributed by atoms with Gasteiger partial charge in [-0.25, -0.2) is 0 Å². The first-order valence-corrected chi connectivity index (χ1v) is 7.65. The van der Waals surface area contributed by atoms with Gasteiger partial charge < -0.3 is 10.2 Å². The molecule has 0 atom stereocenters. The molecule has 112 valence electrons. The van der Waals surface area contributed by atoms with Crippen molar-refractivity contribution >= 4 is 0 Å². The third-order valence-corrected chi connectivity index (χ3v) is 3.50.